The van der Waals surface area contributed by atoms with Crippen molar-refractivity contribution in [1.82, 2.24) is 9.97 Å². The molecule has 30 heavy (non-hydrogen) atoms. The van der Waals surface area contributed by atoms with E-state index in [2.05, 4.69) is 34.3 Å². The number of halogens is 1. The number of anilines is 1. The average molecular weight is 422 g/mol. The second-order valence-electron chi connectivity index (χ2n) is 6.87. The van der Waals surface area contributed by atoms with Crippen molar-refractivity contribution in [3.8, 4) is 23.1 Å². The zero-order chi connectivity index (χ0) is 21.5. The van der Waals surface area contributed by atoms with E-state index in [1.54, 1.807) is 30.3 Å². The molecule has 0 atom stereocenters. The topological polar surface area (TPSA) is 103 Å². The number of hydrogen-bond acceptors (Lipinski definition) is 6. The summed E-state index contributed by atoms with van der Waals surface area (Å²) in [6, 6.07) is 16.2. The monoisotopic (exact) mass is 421 g/mol. The van der Waals surface area contributed by atoms with Gasteiger partial charge in [-0.15, -0.1) is 0 Å². The molecule has 3 aromatic rings. The minimum atomic E-state index is -0.548. The van der Waals surface area contributed by atoms with Gasteiger partial charge in [-0.05, 0) is 24.1 Å². The number of nitrogens with one attached hydrogen (secondary N) is 2. The lowest BCUT2D eigenvalue weighted by molar-refractivity contribution is 0.271. The molecule has 8 heteroatoms. The molecule has 0 fully saturated rings. The average Bonchev–Trinajstić information content (AvgIpc) is 2.73. The van der Waals surface area contributed by atoms with E-state index in [0.29, 0.717) is 34.4 Å². The highest BCUT2D eigenvalue weighted by molar-refractivity contribution is 6.30. The summed E-state index contributed by atoms with van der Waals surface area (Å²) in [6.45, 7) is 4.67. The number of H-pyrrole nitrogens is 1. The number of nitrogens with zero attached hydrogens (tertiary/aromatic N) is 3. The van der Waals surface area contributed by atoms with Crippen LogP contribution >= 0.6 is 11.6 Å². The van der Waals surface area contributed by atoms with Crippen molar-refractivity contribution in [2.75, 3.05) is 12.0 Å². The summed E-state index contributed by atoms with van der Waals surface area (Å²) in [5.41, 5.74) is 3.71. The fourth-order valence-corrected chi connectivity index (χ4v) is 2.79. The Morgan fingerprint density at radius 1 is 1.30 bits per heavy atom. The summed E-state index contributed by atoms with van der Waals surface area (Å²) in [4.78, 5) is 19.2. The third-order valence-corrected chi connectivity index (χ3v) is 4.23. The van der Waals surface area contributed by atoms with Gasteiger partial charge in [0.25, 0.3) is 5.56 Å². The van der Waals surface area contributed by atoms with E-state index in [1.807, 2.05) is 24.3 Å². The van der Waals surface area contributed by atoms with E-state index in [0.717, 1.165) is 0 Å². The first-order valence-electron chi connectivity index (χ1n) is 9.29. The van der Waals surface area contributed by atoms with Crippen LogP contribution in [0, 0.1) is 17.2 Å². The van der Waals surface area contributed by atoms with Gasteiger partial charge in [-0.1, -0.05) is 55.8 Å². The van der Waals surface area contributed by atoms with Gasteiger partial charge in [0.05, 0.1) is 18.5 Å². The normalized spacial score (nSPS) is 10.9. The molecule has 2 aromatic carbocycles. The molecule has 1 aromatic heterocycles. The SMILES string of the molecule is CC(C)COc1ccc(Cl)cc1C=NNc1nc(-c2ccccc2)c(C#N)c(=O)[nH]1. The van der Waals surface area contributed by atoms with E-state index in [9.17, 15) is 10.1 Å². The molecule has 152 valence electrons. The summed E-state index contributed by atoms with van der Waals surface area (Å²) in [6.07, 6.45) is 1.53. The van der Waals surface area contributed by atoms with Gasteiger partial charge in [0, 0.05) is 16.1 Å². The first kappa shape index (κ1) is 21.1. The third-order valence-electron chi connectivity index (χ3n) is 4.00. The lowest BCUT2D eigenvalue weighted by Gasteiger charge is -2.11. The number of rotatable bonds is 7. The van der Waals surface area contributed by atoms with Gasteiger partial charge in [-0.3, -0.25) is 9.78 Å². The first-order valence-corrected chi connectivity index (χ1v) is 9.67. The van der Waals surface area contributed by atoms with Gasteiger partial charge in [0.1, 0.15) is 17.4 Å². The zero-order valence-electron chi connectivity index (χ0n) is 16.5. The lowest BCUT2D eigenvalue weighted by atomic mass is 10.1. The fourth-order valence-electron chi connectivity index (χ4n) is 2.61. The Bertz CT molecular complexity index is 1150. The maximum absolute atomic E-state index is 12.3. The number of hydrogen-bond donors (Lipinski definition) is 2. The molecule has 2 N–H and O–H groups in total. The predicted molar refractivity (Wildman–Crippen MR) is 118 cm³/mol. The van der Waals surface area contributed by atoms with E-state index >= 15 is 0 Å². The van der Waals surface area contributed by atoms with Gasteiger partial charge in [-0.25, -0.2) is 10.4 Å². The van der Waals surface area contributed by atoms with Crippen molar-refractivity contribution in [2.24, 2.45) is 11.0 Å². The molecule has 7 nitrogen and oxygen atoms in total. The van der Waals surface area contributed by atoms with Crippen molar-refractivity contribution in [2.45, 2.75) is 13.8 Å². The van der Waals surface area contributed by atoms with E-state index in [1.165, 1.54) is 6.21 Å². The molecule has 0 aliphatic carbocycles. The van der Waals surface area contributed by atoms with Crippen LogP contribution < -0.4 is 15.7 Å². The molecule has 0 unspecified atom stereocenters. The number of nitriles is 1. The van der Waals surface area contributed by atoms with E-state index < -0.39 is 5.56 Å². The molecule has 0 aliphatic heterocycles. The molecular formula is C22H20ClN5O2. The fraction of sp³-hybridized carbons (Fsp3) is 0.182. The van der Waals surface area contributed by atoms with Crippen LogP contribution in [0.4, 0.5) is 5.95 Å². The minimum absolute atomic E-state index is 0.0602. The molecular weight excluding hydrogens is 402 g/mol. The highest BCUT2D eigenvalue weighted by Gasteiger charge is 2.13. The Morgan fingerprint density at radius 2 is 2.07 bits per heavy atom. The maximum atomic E-state index is 12.3. The van der Waals surface area contributed by atoms with Crippen LogP contribution in [-0.4, -0.2) is 22.8 Å². The van der Waals surface area contributed by atoms with Gasteiger partial charge >= 0.3 is 0 Å². The summed E-state index contributed by atoms with van der Waals surface area (Å²) in [5.74, 6) is 1.12. The van der Waals surface area contributed by atoms with Crippen LogP contribution in [0.2, 0.25) is 5.02 Å². The van der Waals surface area contributed by atoms with Crippen molar-refractivity contribution in [1.29, 1.82) is 5.26 Å². The van der Waals surface area contributed by atoms with Crippen molar-refractivity contribution in [3.63, 3.8) is 0 Å². The lowest BCUT2D eigenvalue weighted by Crippen LogP contribution is -2.16. The Labute approximate surface area is 179 Å². The second-order valence-corrected chi connectivity index (χ2v) is 7.31. The second kappa shape index (κ2) is 9.72. The standard InChI is InChI=1S/C22H20ClN5O2/c1-14(2)13-30-19-9-8-17(23)10-16(19)12-25-28-22-26-20(15-6-4-3-5-7-15)18(11-24)21(29)27-22/h3-10,12,14H,13H2,1-2H3,(H2,26,27,28,29). The van der Waals surface area contributed by atoms with Crippen LogP contribution in [0.3, 0.4) is 0 Å². The van der Waals surface area contributed by atoms with Crippen LogP contribution in [0.1, 0.15) is 25.0 Å². The van der Waals surface area contributed by atoms with Gasteiger partial charge in [0.15, 0.2) is 0 Å². The quantitative estimate of drug-likeness (QED) is 0.433. The summed E-state index contributed by atoms with van der Waals surface area (Å²) in [7, 11) is 0. The number of ether oxygens (including phenoxy) is 1. The largest absolute Gasteiger partial charge is 0.493 e. The molecule has 0 saturated carbocycles. The van der Waals surface area contributed by atoms with Crippen LogP contribution in [0.5, 0.6) is 5.75 Å². The summed E-state index contributed by atoms with van der Waals surface area (Å²) in [5, 5.41) is 14.0. The Morgan fingerprint density at radius 3 is 2.77 bits per heavy atom. The van der Waals surface area contributed by atoms with Crippen LogP contribution in [0.25, 0.3) is 11.3 Å². The molecule has 3 rings (SSSR count). The highest BCUT2D eigenvalue weighted by atomic mass is 35.5. The van der Waals surface area contributed by atoms with E-state index in [4.69, 9.17) is 16.3 Å². The summed E-state index contributed by atoms with van der Waals surface area (Å²) < 4.78 is 5.80. The summed E-state index contributed by atoms with van der Waals surface area (Å²) >= 11 is 6.09. The van der Waals surface area contributed by atoms with Crippen LogP contribution in [0.15, 0.2) is 58.4 Å². The Kier molecular flexibility index (Phi) is 6.83. The Balaban J connectivity index is 1.87. The predicted octanol–water partition coefficient (Wildman–Crippen LogP) is 4.44. The zero-order valence-corrected chi connectivity index (χ0v) is 17.3. The molecule has 0 amide bonds. The number of aromatic amines is 1. The molecule has 1 heterocycles. The van der Waals surface area contributed by atoms with Gasteiger partial charge in [0.2, 0.25) is 5.95 Å². The Hall–Kier alpha value is -3.63. The maximum Gasteiger partial charge on any atom is 0.270 e. The van der Waals surface area contributed by atoms with E-state index in [-0.39, 0.29) is 17.2 Å². The number of benzene rings is 2. The van der Waals surface area contributed by atoms with Crippen molar-refractivity contribution in [3.05, 3.63) is 75.0 Å². The number of hydrazone groups is 1. The molecule has 0 spiro atoms. The van der Waals surface area contributed by atoms with Crippen LogP contribution in [-0.2, 0) is 0 Å². The third kappa shape index (κ3) is 5.25. The van der Waals surface area contributed by atoms with Crippen molar-refractivity contribution >= 4 is 23.8 Å². The molecule has 0 aliphatic rings. The van der Waals surface area contributed by atoms with Crippen molar-refractivity contribution < 1.29 is 4.74 Å². The number of aromatic nitrogens is 2. The minimum Gasteiger partial charge on any atom is -0.493 e. The van der Waals surface area contributed by atoms with Gasteiger partial charge < -0.3 is 4.74 Å². The van der Waals surface area contributed by atoms with Gasteiger partial charge in [-0.2, -0.15) is 10.4 Å². The molecule has 0 bridgehead atoms. The molecule has 0 saturated heterocycles. The smallest absolute Gasteiger partial charge is 0.270 e. The highest BCUT2D eigenvalue weighted by Crippen LogP contribution is 2.22. The first-order chi connectivity index (χ1) is 14.5. The molecule has 0 radical (unpaired) electrons.